The van der Waals surface area contributed by atoms with E-state index in [1.807, 2.05) is 18.7 Å². The van der Waals surface area contributed by atoms with E-state index in [1.54, 1.807) is 0 Å². The monoisotopic (exact) mass is 256 g/mol. The zero-order valence-corrected chi connectivity index (χ0v) is 12.0. The molecule has 1 amide bonds. The Labute approximate surface area is 111 Å². The van der Waals surface area contributed by atoms with Gasteiger partial charge in [-0.05, 0) is 45.1 Å². The topological polar surface area (TPSA) is 55.6 Å². The third kappa shape index (κ3) is 4.58. The van der Waals surface area contributed by atoms with Crippen LogP contribution in [0, 0.1) is 11.8 Å². The van der Waals surface area contributed by atoms with Crippen LogP contribution in [0.2, 0.25) is 0 Å². The summed E-state index contributed by atoms with van der Waals surface area (Å²) in [5, 5.41) is 0. The van der Waals surface area contributed by atoms with Crippen LogP contribution in [-0.4, -0.2) is 43.2 Å². The van der Waals surface area contributed by atoms with Crippen LogP contribution in [0.15, 0.2) is 0 Å². The van der Waals surface area contributed by atoms with Gasteiger partial charge in [0.1, 0.15) is 0 Å². The maximum absolute atomic E-state index is 12.1. The van der Waals surface area contributed by atoms with E-state index in [9.17, 15) is 4.79 Å². The Balaban J connectivity index is 2.26. The largest absolute Gasteiger partial charge is 0.378 e. The van der Waals surface area contributed by atoms with Crippen LogP contribution in [0.25, 0.3) is 0 Å². The fourth-order valence-electron chi connectivity index (χ4n) is 2.45. The van der Waals surface area contributed by atoms with Gasteiger partial charge in [-0.3, -0.25) is 4.79 Å². The lowest BCUT2D eigenvalue weighted by atomic mass is 9.79. The van der Waals surface area contributed by atoms with Crippen molar-refractivity contribution in [1.29, 1.82) is 0 Å². The Bertz CT molecular complexity index is 252. The summed E-state index contributed by atoms with van der Waals surface area (Å²) >= 11 is 0. The highest BCUT2D eigenvalue weighted by atomic mass is 16.5. The number of hydrogen-bond donors (Lipinski definition) is 1. The van der Waals surface area contributed by atoms with Gasteiger partial charge in [0.25, 0.3) is 0 Å². The number of hydrogen-bond acceptors (Lipinski definition) is 3. The minimum Gasteiger partial charge on any atom is -0.378 e. The molecule has 4 nitrogen and oxygen atoms in total. The molecule has 0 aromatic rings. The molecule has 2 N–H and O–H groups in total. The van der Waals surface area contributed by atoms with E-state index in [1.165, 1.54) is 0 Å². The first-order valence-corrected chi connectivity index (χ1v) is 7.20. The van der Waals surface area contributed by atoms with Gasteiger partial charge in [-0.25, -0.2) is 0 Å². The van der Waals surface area contributed by atoms with E-state index in [4.69, 9.17) is 10.5 Å². The highest BCUT2D eigenvalue weighted by Crippen LogP contribution is 2.33. The minimum atomic E-state index is 0.276. The van der Waals surface area contributed by atoms with Crippen LogP contribution in [-0.2, 0) is 9.53 Å². The first-order valence-electron chi connectivity index (χ1n) is 7.20. The van der Waals surface area contributed by atoms with Gasteiger partial charge in [0.05, 0.1) is 6.10 Å². The number of carbonyl (C=O) groups excluding carboxylic acids is 1. The average molecular weight is 256 g/mol. The van der Waals surface area contributed by atoms with Gasteiger partial charge in [-0.15, -0.1) is 0 Å². The molecule has 1 saturated carbocycles. The molecule has 0 aromatic heterocycles. The van der Waals surface area contributed by atoms with Gasteiger partial charge >= 0.3 is 0 Å². The molecule has 1 aliphatic carbocycles. The zero-order valence-electron chi connectivity index (χ0n) is 12.0. The molecule has 0 spiro atoms. The lowest BCUT2D eigenvalue weighted by Crippen LogP contribution is -2.40. The second kappa shape index (κ2) is 7.74. The summed E-state index contributed by atoms with van der Waals surface area (Å²) in [5.74, 6) is 1.18. The Hall–Kier alpha value is -0.610. The molecule has 1 atom stereocenters. The third-order valence-corrected chi connectivity index (χ3v) is 3.73. The summed E-state index contributed by atoms with van der Waals surface area (Å²) in [7, 11) is 0. The van der Waals surface area contributed by atoms with Gasteiger partial charge in [-0.1, -0.05) is 6.92 Å². The number of carbonyl (C=O) groups is 1. The molecule has 1 fully saturated rings. The predicted molar refractivity (Wildman–Crippen MR) is 73.2 cm³/mol. The summed E-state index contributed by atoms with van der Waals surface area (Å²) in [6.45, 7) is 9.12. The molecule has 0 bridgehead atoms. The first-order chi connectivity index (χ1) is 8.60. The number of amides is 1. The third-order valence-electron chi connectivity index (χ3n) is 3.73. The molecule has 1 aliphatic rings. The fourth-order valence-corrected chi connectivity index (χ4v) is 2.45. The maximum atomic E-state index is 12.1. The summed E-state index contributed by atoms with van der Waals surface area (Å²) in [6, 6.07) is 0. The van der Waals surface area contributed by atoms with Gasteiger partial charge in [0.2, 0.25) is 5.91 Å². The molecular weight excluding hydrogens is 228 g/mol. The normalized spacial score (nSPS) is 24.4. The molecule has 4 heteroatoms. The van der Waals surface area contributed by atoms with Crippen molar-refractivity contribution in [2.24, 2.45) is 17.6 Å². The molecule has 0 saturated heterocycles. The molecule has 0 aliphatic heterocycles. The van der Waals surface area contributed by atoms with Crippen molar-refractivity contribution in [3.8, 4) is 0 Å². The van der Waals surface area contributed by atoms with E-state index in [-0.39, 0.29) is 5.91 Å². The van der Waals surface area contributed by atoms with Gasteiger partial charge in [0.15, 0.2) is 0 Å². The number of ether oxygens (including phenoxy) is 1. The molecule has 0 heterocycles. The lowest BCUT2D eigenvalue weighted by molar-refractivity contribution is -0.134. The van der Waals surface area contributed by atoms with Crippen LogP contribution in [0.3, 0.4) is 0 Å². The Morgan fingerprint density at radius 2 is 2.11 bits per heavy atom. The highest BCUT2D eigenvalue weighted by Gasteiger charge is 2.32. The zero-order chi connectivity index (χ0) is 13.5. The Morgan fingerprint density at radius 3 is 2.61 bits per heavy atom. The SMILES string of the molecule is CCOC1CC(CC(=O)N(CC)CC(C)CN)C1. The Kier molecular flexibility index (Phi) is 6.65. The van der Waals surface area contributed by atoms with Gasteiger partial charge in [0, 0.05) is 26.1 Å². The van der Waals surface area contributed by atoms with Crippen molar-refractivity contribution in [2.45, 2.75) is 46.1 Å². The van der Waals surface area contributed by atoms with E-state index in [2.05, 4.69) is 6.92 Å². The molecular formula is C14H28N2O2. The first kappa shape index (κ1) is 15.4. The van der Waals surface area contributed by atoms with Crippen molar-refractivity contribution in [1.82, 2.24) is 4.90 Å². The quantitative estimate of drug-likeness (QED) is 0.718. The van der Waals surface area contributed by atoms with Gasteiger partial charge < -0.3 is 15.4 Å². The number of rotatable bonds is 8. The molecule has 1 unspecified atom stereocenters. The van der Waals surface area contributed by atoms with E-state index < -0.39 is 0 Å². The van der Waals surface area contributed by atoms with Crippen molar-refractivity contribution < 1.29 is 9.53 Å². The maximum Gasteiger partial charge on any atom is 0.222 e. The second-order valence-electron chi connectivity index (χ2n) is 5.39. The minimum absolute atomic E-state index is 0.276. The van der Waals surface area contributed by atoms with E-state index >= 15 is 0 Å². The standard InChI is InChI=1S/C14H28N2O2/c1-4-16(10-11(3)9-15)14(17)8-12-6-13(7-12)18-5-2/h11-13H,4-10,15H2,1-3H3. The van der Waals surface area contributed by atoms with Gasteiger partial charge in [-0.2, -0.15) is 0 Å². The average Bonchev–Trinajstić information content (AvgIpc) is 2.32. The molecule has 0 aromatic carbocycles. The number of nitrogens with zero attached hydrogens (tertiary/aromatic N) is 1. The van der Waals surface area contributed by atoms with E-state index in [0.29, 0.717) is 30.9 Å². The van der Waals surface area contributed by atoms with Crippen molar-refractivity contribution in [3.63, 3.8) is 0 Å². The Morgan fingerprint density at radius 1 is 1.44 bits per heavy atom. The van der Waals surface area contributed by atoms with Crippen LogP contribution >= 0.6 is 0 Å². The van der Waals surface area contributed by atoms with Crippen LogP contribution in [0.5, 0.6) is 0 Å². The number of nitrogens with two attached hydrogens (primary N) is 1. The smallest absolute Gasteiger partial charge is 0.222 e. The predicted octanol–water partition coefficient (Wildman–Crippen LogP) is 1.63. The molecule has 1 rings (SSSR count). The van der Waals surface area contributed by atoms with Crippen molar-refractivity contribution >= 4 is 5.91 Å². The lowest BCUT2D eigenvalue weighted by Gasteiger charge is -2.36. The molecule has 0 radical (unpaired) electrons. The van der Waals surface area contributed by atoms with Crippen LogP contribution in [0.4, 0.5) is 0 Å². The summed E-state index contributed by atoms with van der Waals surface area (Å²) in [6.07, 6.45) is 3.16. The summed E-state index contributed by atoms with van der Waals surface area (Å²) in [4.78, 5) is 14.1. The summed E-state index contributed by atoms with van der Waals surface area (Å²) < 4.78 is 5.52. The molecule has 106 valence electrons. The molecule has 18 heavy (non-hydrogen) atoms. The van der Waals surface area contributed by atoms with E-state index in [0.717, 1.165) is 32.5 Å². The second-order valence-corrected chi connectivity index (χ2v) is 5.39. The van der Waals surface area contributed by atoms with Crippen LogP contribution < -0.4 is 5.73 Å². The van der Waals surface area contributed by atoms with Crippen molar-refractivity contribution in [2.75, 3.05) is 26.2 Å². The highest BCUT2D eigenvalue weighted by molar-refractivity contribution is 5.76. The summed E-state index contributed by atoms with van der Waals surface area (Å²) in [5.41, 5.74) is 5.61. The fraction of sp³-hybridized carbons (Fsp3) is 0.929. The van der Waals surface area contributed by atoms with Crippen LogP contribution in [0.1, 0.15) is 40.0 Å². The van der Waals surface area contributed by atoms with Crippen molar-refractivity contribution in [3.05, 3.63) is 0 Å².